The summed E-state index contributed by atoms with van der Waals surface area (Å²) < 4.78 is 0.876. The Bertz CT molecular complexity index is 504. The molecular formula is C12H11BrClN3. The number of rotatable bonds is 3. The summed E-state index contributed by atoms with van der Waals surface area (Å²) in [6, 6.07) is 5.83. The molecule has 2 rings (SSSR count). The van der Waals surface area contributed by atoms with Gasteiger partial charge in [0.05, 0.1) is 23.0 Å². The first-order chi connectivity index (χ1) is 8.22. The lowest BCUT2D eigenvalue weighted by molar-refractivity contribution is 0.666. The van der Waals surface area contributed by atoms with Crippen LogP contribution < -0.4 is 5.32 Å². The van der Waals surface area contributed by atoms with Crippen molar-refractivity contribution < 1.29 is 0 Å². The average molecular weight is 313 g/mol. The average Bonchev–Trinajstić information content (AvgIpc) is 2.36. The van der Waals surface area contributed by atoms with Crippen molar-refractivity contribution in [2.24, 2.45) is 0 Å². The highest BCUT2D eigenvalue weighted by Gasteiger charge is 2.14. The molecule has 0 aliphatic heterocycles. The molecule has 0 bridgehead atoms. The van der Waals surface area contributed by atoms with E-state index in [-0.39, 0.29) is 6.04 Å². The van der Waals surface area contributed by atoms with Crippen LogP contribution in [0.3, 0.4) is 0 Å². The van der Waals surface area contributed by atoms with Crippen LogP contribution in [0.15, 0.2) is 41.3 Å². The highest BCUT2D eigenvalue weighted by Crippen LogP contribution is 2.27. The molecule has 3 nitrogen and oxygen atoms in total. The van der Waals surface area contributed by atoms with Crippen LogP contribution in [0.5, 0.6) is 0 Å². The lowest BCUT2D eigenvalue weighted by Gasteiger charge is -2.16. The van der Waals surface area contributed by atoms with E-state index in [0.717, 1.165) is 15.7 Å². The van der Waals surface area contributed by atoms with Crippen molar-refractivity contribution in [3.05, 3.63) is 57.5 Å². The Morgan fingerprint density at radius 2 is 2.18 bits per heavy atom. The molecule has 0 radical (unpaired) electrons. The molecule has 1 unspecified atom stereocenters. The van der Waals surface area contributed by atoms with Gasteiger partial charge >= 0.3 is 0 Å². The third-order valence-corrected chi connectivity index (χ3v) is 3.66. The van der Waals surface area contributed by atoms with Gasteiger partial charge in [-0.15, -0.1) is 0 Å². The number of benzene rings is 1. The monoisotopic (exact) mass is 311 g/mol. The summed E-state index contributed by atoms with van der Waals surface area (Å²) in [7, 11) is 1.89. The Labute approximate surface area is 113 Å². The van der Waals surface area contributed by atoms with Crippen molar-refractivity contribution in [3.8, 4) is 0 Å². The maximum atomic E-state index is 5.98. The Balaban J connectivity index is 2.39. The van der Waals surface area contributed by atoms with Crippen LogP contribution in [0.25, 0.3) is 0 Å². The molecule has 5 heteroatoms. The first-order valence-electron chi connectivity index (χ1n) is 5.10. The maximum Gasteiger partial charge on any atom is 0.0801 e. The highest BCUT2D eigenvalue weighted by atomic mass is 79.9. The Hall–Kier alpha value is -0.970. The first kappa shape index (κ1) is 12.5. The minimum Gasteiger partial charge on any atom is -0.308 e. The second-order valence-corrected chi connectivity index (χ2v) is 4.79. The van der Waals surface area contributed by atoms with Gasteiger partial charge in [0.15, 0.2) is 0 Å². The summed E-state index contributed by atoms with van der Waals surface area (Å²) in [4.78, 5) is 8.38. The van der Waals surface area contributed by atoms with Gasteiger partial charge in [0.2, 0.25) is 0 Å². The smallest absolute Gasteiger partial charge is 0.0801 e. The summed E-state index contributed by atoms with van der Waals surface area (Å²) in [6.07, 6.45) is 5.10. The summed E-state index contributed by atoms with van der Waals surface area (Å²) in [5.41, 5.74) is 1.97. The van der Waals surface area contributed by atoms with Crippen LogP contribution in [0.4, 0.5) is 0 Å². The number of nitrogens with one attached hydrogen (secondary N) is 1. The largest absolute Gasteiger partial charge is 0.308 e. The third kappa shape index (κ3) is 2.83. The molecule has 88 valence electrons. The molecular weight excluding hydrogens is 302 g/mol. The van der Waals surface area contributed by atoms with Crippen molar-refractivity contribution in [2.45, 2.75) is 6.04 Å². The Kier molecular flexibility index (Phi) is 4.10. The van der Waals surface area contributed by atoms with Crippen LogP contribution in [0, 0.1) is 0 Å². The van der Waals surface area contributed by atoms with Crippen molar-refractivity contribution >= 4 is 27.5 Å². The molecule has 1 N–H and O–H groups in total. The Morgan fingerprint density at radius 3 is 2.76 bits per heavy atom. The lowest BCUT2D eigenvalue weighted by atomic mass is 10.0. The quantitative estimate of drug-likeness (QED) is 0.946. The van der Waals surface area contributed by atoms with Crippen LogP contribution in [-0.4, -0.2) is 17.0 Å². The van der Waals surface area contributed by atoms with Gasteiger partial charge in [0.25, 0.3) is 0 Å². The SMILES string of the molecule is CNC(c1ccc(Cl)c(Br)c1)c1cnccn1. The zero-order valence-corrected chi connectivity index (χ0v) is 11.5. The summed E-state index contributed by atoms with van der Waals surface area (Å²) in [5.74, 6) is 0. The van der Waals surface area contributed by atoms with Crippen LogP contribution in [-0.2, 0) is 0 Å². The van der Waals surface area contributed by atoms with E-state index in [1.54, 1.807) is 18.6 Å². The molecule has 0 spiro atoms. The lowest BCUT2D eigenvalue weighted by Crippen LogP contribution is -2.19. The standard InChI is InChI=1S/C12H11BrClN3/c1-15-12(11-7-16-4-5-17-11)8-2-3-10(14)9(13)6-8/h2-7,12,15H,1H3. The van der Waals surface area contributed by atoms with E-state index in [0.29, 0.717) is 5.02 Å². The van der Waals surface area contributed by atoms with Gasteiger partial charge in [-0.25, -0.2) is 0 Å². The molecule has 1 aromatic heterocycles. The minimum absolute atomic E-state index is 0.0114. The summed E-state index contributed by atoms with van der Waals surface area (Å²) in [6.45, 7) is 0. The zero-order chi connectivity index (χ0) is 12.3. The molecule has 1 atom stereocenters. The van der Waals surface area contributed by atoms with Crippen molar-refractivity contribution in [1.82, 2.24) is 15.3 Å². The number of hydrogen-bond donors (Lipinski definition) is 1. The maximum absolute atomic E-state index is 5.98. The van der Waals surface area contributed by atoms with E-state index in [2.05, 4.69) is 31.2 Å². The van der Waals surface area contributed by atoms with Crippen LogP contribution >= 0.6 is 27.5 Å². The second kappa shape index (κ2) is 5.58. The third-order valence-electron chi connectivity index (χ3n) is 2.44. The molecule has 2 aromatic rings. The highest BCUT2D eigenvalue weighted by molar-refractivity contribution is 9.10. The summed E-state index contributed by atoms with van der Waals surface area (Å²) in [5, 5.41) is 3.91. The molecule has 0 amide bonds. The number of halogens is 2. The topological polar surface area (TPSA) is 37.8 Å². The molecule has 1 heterocycles. The number of nitrogens with zero attached hydrogens (tertiary/aromatic N) is 2. The number of aromatic nitrogens is 2. The zero-order valence-electron chi connectivity index (χ0n) is 9.19. The van der Waals surface area contributed by atoms with Crippen LogP contribution in [0.1, 0.15) is 17.3 Å². The second-order valence-electron chi connectivity index (χ2n) is 3.53. The molecule has 0 aliphatic rings. The molecule has 17 heavy (non-hydrogen) atoms. The molecule has 0 saturated carbocycles. The van der Waals surface area contributed by atoms with E-state index >= 15 is 0 Å². The van der Waals surface area contributed by atoms with E-state index in [9.17, 15) is 0 Å². The normalized spacial score (nSPS) is 12.4. The van der Waals surface area contributed by atoms with Gasteiger partial charge in [-0.2, -0.15) is 0 Å². The predicted octanol–water partition coefficient (Wildman–Crippen LogP) is 3.20. The van der Waals surface area contributed by atoms with Gasteiger partial charge in [0, 0.05) is 16.9 Å². The van der Waals surface area contributed by atoms with Crippen molar-refractivity contribution in [3.63, 3.8) is 0 Å². The molecule has 1 aromatic carbocycles. The van der Waals surface area contributed by atoms with Crippen molar-refractivity contribution in [2.75, 3.05) is 7.05 Å². The van der Waals surface area contributed by atoms with Crippen LogP contribution in [0.2, 0.25) is 5.02 Å². The van der Waals surface area contributed by atoms with Crippen molar-refractivity contribution in [1.29, 1.82) is 0 Å². The van der Waals surface area contributed by atoms with Gasteiger partial charge in [-0.1, -0.05) is 17.7 Å². The molecule has 0 aliphatic carbocycles. The molecule has 0 saturated heterocycles. The summed E-state index contributed by atoms with van der Waals surface area (Å²) >= 11 is 9.40. The van der Waals surface area contributed by atoms with Gasteiger partial charge in [0.1, 0.15) is 0 Å². The minimum atomic E-state index is 0.0114. The predicted molar refractivity (Wildman–Crippen MR) is 72.1 cm³/mol. The first-order valence-corrected chi connectivity index (χ1v) is 6.27. The number of hydrogen-bond acceptors (Lipinski definition) is 3. The van der Waals surface area contributed by atoms with E-state index in [4.69, 9.17) is 11.6 Å². The van der Waals surface area contributed by atoms with Gasteiger partial charge < -0.3 is 5.32 Å². The van der Waals surface area contributed by atoms with Gasteiger partial charge in [-0.05, 0) is 40.7 Å². The van der Waals surface area contributed by atoms with E-state index < -0.39 is 0 Å². The Morgan fingerprint density at radius 1 is 1.35 bits per heavy atom. The van der Waals surface area contributed by atoms with E-state index in [1.165, 1.54) is 0 Å². The van der Waals surface area contributed by atoms with Gasteiger partial charge in [-0.3, -0.25) is 9.97 Å². The van der Waals surface area contributed by atoms with E-state index in [1.807, 2.05) is 25.2 Å². The fourth-order valence-corrected chi connectivity index (χ4v) is 2.15. The fraction of sp³-hybridized carbons (Fsp3) is 0.167. The molecule has 0 fully saturated rings. The fourth-order valence-electron chi connectivity index (χ4n) is 1.64.